The Morgan fingerprint density at radius 2 is 1.18 bits per heavy atom. The molecule has 0 radical (unpaired) electrons. The Balaban J connectivity index is 0.000000174. The first-order chi connectivity index (χ1) is 29.6. The van der Waals surface area contributed by atoms with E-state index in [0.29, 0.717) is 66.0 Å². The minimum absolute atomic E-state index is 0.0470. The highest BCUT2D eigenvalue weighted by Crippen LogP contribution is 2.36. The van der Waals surface area contributed by atoms with Gasteiger partial charge >= 0.3 is 0 Å². The molecule has 1 N–H and O–H groups in total. The van der Waals surface area contributed by atoms with Crippen molar-refractivity contribution in [2.75, 3.05) is 52.5 Å². The van der Waals surface area contributed by atoms with Gasteiger partial charge in [0, 0.05) is 111 Å². The highest BCUT2D eigenvalue weighted by atomic mass is 32.2. The predicted molar refractivity (Wildman–Crippen MR) is 245 cm³/mol. The van der Waals surface area contributed by atoms with E-state index in [0.717, 1.165) is 124 Å². The summed E-state index contributed by atoms with van der Waals surface area (Å²) in [7, 11) is -6.99. The number of likely N-dealkylation sites (tertiary alicyclic amines) is 2. The van der Waals surface area contributed by atoms with Crippen LogP contribution in [0, 0.1) is 11.8 Å². The zero-order valence-corrected chi connectivity index (χ0v) is 39.1. The SMILES string of the molecule is CC1CCN(C(=O)c2ccc3c(c2)c2c(n3S(=O)(=O)C(C)C)CCN(C3CCCOC3)C2)CC1.CC1CCN(C(=O)c2ccc3c(c2)c2c(n3S(=O)(=O)C(C)C)CCNC2)CC1. The van der Waals surface area contributed by atoms with Crippen molar-refractivity contribution in [3.63, 3.8) is 0 Å². The average Bonchev–Trinajstić information content (AvgIpc) is 3.79. The van der Waals surface area contributed by atoms with E-state index in [2.05, 4.69) is 24.1 Å². The molecule has 9 rings (SSSR count). The maximum absolute atomic E-state index is 13.4. The molecule has 1 atom stereocenters. The van der Waals surface area contributed by atoms with Crippen LogP contribution in [-0.4, -0.2) is 120 Å². The minimum atomic E-state index is -3.53. The molecule has 2 aromatic heterocycles. The third-order valence-corrected chi connectivity index (χ3v) is 18.3. The molecule has 15 heteroatoms. The average molecular weight is 891 g/mol. The first-order valence-electron chi connectivity index (χ1n) is 23.0. The van der Waals surface area contributed by atoms with Crippen LogP contribution in [0.15, 0.2) is 36.4 Å². The molecule has 62 heavy (non-hydrogen) atoms. The molecule has 3 fully saturated rings. The van der Waals surface area contributed by atoms with Crippen LogP contribution < -0.4 is 5.32 Å². The summed E-state index contributed by atoms with van der Waals surface area (Å²) in [6.45, 7) is 19.0. The molecule has 2 aromatic carbocycles. The number of carbonyl (C=O) groups excluding carboxylic acids is 2. The van der Waals surface area contributed by atoms with Crippen molar-refractivity contribution in [3.8, 4) is 0 Å². The Bertz CT molecular complexity index is 2540. The van der Waals surface area contributed by atoms with Gasteiger partial charge in [-0.05, 0) is 126 Å². The molecule has 0 saturated carbocycles. The fourth-order valence-electron chi connectivity index (χ4n) is 9.97. The number of amides is 2. The number of nitrogens with zero attached hydrogens (tertiary/aromatic N) is 5. The molecular weight excluding hydrogens is 825 g/mol. The minimum Gasteiger partial charge on any atom is -0.380 e. The number of hydrogen-bond donors (Lipinski definition) is 1. The van der Waals surface area contributed by atoms with Crippen LogP contribution in [0.25, 0.3) is 21.8 Å². The Morgan fingerprint density at radius 1 is 0.677 bits per heavy atom. The second-order valence-corrected chi connectivity index (χ2v) is 23.7. The lowest BCUT2D eigenvalue weighted by molar-refractivity contribution is 0.0125. The standard InChI is InChI=1S/C26H37N3O4S.C21H29N3O3S/c1-18(2)34(31,32)29-24-7-6-20(26(30)27-11-8-19(3)9-12-27)15-22(24)23-16-28(13-10-25(23)29)21-5-4-14-33-17-21;1-14(2)28(26,27)24-19-5-4-16(21(25)23-10-7-15(3)8-11-23)12-17(19)18-13-22-9-6-20(18)24/h6-7,15,18-19,21H,4-5,8-14,16-17H2,1-3H3;4-5,12,14-15,22H,6-11,13H2,1-3H3. The van der Waals surface area contributed by atoms with Gasteiger partial charge in [-0.3, -0.25) is 14.5 Å². The monoisotopic (exact) mass is 890 g/mol. The largest absolute Gasteiger partial charge is 0.380 e. The molecule has 4 aromatic rings. The highest BCUT2D eigenvalue weighted by molar-refractivity contribution is 7.91. The van der Waals surface area contributed by atoms with E-state index in [1.54, 1.807) is 37.7 Å². The van der Waals surface area contributed by atoms with Gasteiger partial charge in [-0.2, -0.15) is 0 Å². The van der Waals surface area contributed by atoms with Crippen LogP contribution in [0.2, 0.25) is 0 Å². The van der Waals surface area contributed by atoms with Crippen LogP contribution in [-0.2, 0) is 50.7 Å². The Kier molecular flexibility index (Phi) is 13.0. The topological polar surface area (TPSA) is 143 Å². The number of hydrogen-bond acceptors (Lipinski definition) is 9. The second kappa shape index (κ2) is 18.0. The van der Waals surface area contributed by atoms with Gasteiger partial charge < -0.3 is 19.9 Å². The van der Waals surface area contributed by atoms with E-state index in [4.69, 9.17) is 4.74 Å². The summed E-state index contributed by atoms with van der Waals surface area (Å²) in [5, 5.41) is 4.10. The highest BCUT2D eigenvalue weighted by Gasteiger charge is 2.35. The van der Waals surface area contributed by atoms with Gasteiger partial charge in [0.15, 0.2) is 0 Å². The van der Waals surface area contributed by atoms with Gasteiger partial charge in [-0.15, -0.1) is 0 Å². The quantitative estimate of drug-likeness (QED) is 0.224. The number of rotatable bonds is 7. The van der Waals surface area contributed by atoms with E-state index < -0.39 is 30.5 Å². The predicted octanol–water partition coefficient (Wildman–Crippen LogP) is 6.38. The van der Waals surface area contributed by atoms with E-state index in [1.807, 2.05) is 40.1 Å². The molecule has 5 aliphatic heterocycles. The van der Waals surface area contributed by atoms with E-state index in [9.17, 15) is 26.4 Å². The summed E-state index contributed by atoms with van der Waals surface area (Å²) in [4.78, 5) is 32.6. The lowest BCUT2D eigenvalue weighted by Gasteiger charge is -2.37. The first-order valence-corrected chi connectivity index (χ1v) is 26.0. The molecular formula is C47H66N6O7S2. The summed E-state index contributed by atoms with van der Waals surface area (Å²) in [6, 6.07) is 11.5. The summed E-state index contributed by atoms with van der Waals surface area (Å²) >= 11 is 0. The molecule has 0 spiro atoms. The van der Waals surface area contributed by atoms with E-state index >= 15 is 0 Å². The molecule has 5 aliphatic rings. The van der Waals surface area contributed by atoms with Crippen molar-refractivity contribution in [1.82, 2.24) is 28.0 Å². The van der Waals surface area contributed by atoms with Gasteiger partial charge in [0.1, 0.15) is 0 Å². The van der Waals surface area contributed by atoms with Crippen LogP contribution >= 0.6 is 0 Å². The summed E-state index contributed by atoms with van der Waals surface area (Å²) in [5.41, 5.74) is 6.49. The second-order valence-electron chi connectivity index (χ2n) is 19.0. The Morgan fingerprint density at radius 3 is 1.66 bits per heavy atom. The smallest absolute Gasteiger partial charge is 0.253 e. The van der Waals surface area contributed by atoms with Crippen molar-refractivity contribution in [3.05, 3.63) is 70.0 Å². The van der Waals surface area contributed by atoms with Gasteiger partial charge in [-0.25, -0.2) is 24.8 Å². The number of fused-ring (bicyclic) bond motifs is 6. The molecule has 7 heterocycles. The fraction of sp³-hybridized carbons (Fsp3) is 0.617. The lowest BCUT2D eigenvalue weighted by atomic mass is 9.97. The van der Waals surface area contributed by atoms with Gasteiger partial charge in [-0.1, -0.05) is 13.8 Å². The van der Waals surface area contributed by atoms with Crippen molar-refractivity contribution in [1.29, 1.82) is 0 Å². The van der Waals surface area contributed by atoms with E-state index in [1.165, 1.54) is 3.97 Å². The lowest BCUT2D eigenvalue weighted by Crippen LogP contribution is -2.44. The maximum atomic E-state index is 13.4. The van der Waals surface area contributed by atoms with Crippen molar-refractivity contribution in [2.45, 2.75) is 123 Å². The van der Waals surface area contributed by atoms with Crippen LogP contribution in [0.5, 0.6) is 0 Å². The fourth-order valence-corrected chi connectivity index (χ4v) is 12.7. The number of aromatic nitrogens is 2. The number of carbonyl (C=O) groups is 2. The third kappa shape index (κ3) is 8.48. The Labute approximate surface area is 368 Å². The molecule has 3 saturated heterocycles. The molecule has 338 valence electrons. The summed E-state index contributed by atoms with van der Waals surface area (Å²) in [6.07, 6.45) is 7.66. The van der Waals surface area contributed by atoms with Crippen molar-refractivity contribution >= 4 is 53.7 Å². The van der Waals surface area contributed by atoms with Crippen molar-refractivity contribution < 1.29 is 31.2 Å². The van der Waals surface area contributed by atoms with Gasteiger partial charge in [0.05, 0.1) is 28.1 Å². The number of benzene rings is 2. The van der Waals surface area contributed by atoms with Crippen molar-refractivity contribution in [2.24, 2.45) is 11.8 Å². The van der Waals surface area contributed by atoms with E-state index in [-0.39, 0.29) is 11.8 Å². The number of nitrogens with one attached hydrogen (secondary N) is 1. The number of ether oxygens (including phenoxy) is 1. The zero-order valence-electron chi connectivity index (χ0n) is 37.5. The van der Waals surface area contributed by atoms with Crippen LogP contribution in [0.3, 0.4) is 0 Å². The molecule has 1 unspecified atom stereocenters. The number of piperidine rings is 2. The molecule has 2 amide bonds. The summed E-state index contributed by atoms with van der Waals surface area (Å²) < 4.78 is 61.8. The van der Waals surface area contributed by atoms with Gasteiger partial charge in [0.2, 0.25) is 20.0 Å². The zero-order chi connectivity index (χ0) is 44.1. The third-order valence-electron chi connectivity index (χ3n) is 14.1. The molecule has 13 nitrogen and oxygen atoms in total. The molecule has 0 bridgehead atoms. The first kappa shape index (κ1) is 44.8. The maximum Gasteiger partial charge on any atom is 0.253 e. The molecule has 0 aliphatic carbocycles. The normalized spacial score (nSPS) is 21.0. The Hall–Kier alpha value is -3.76. The summed E-state index contributed by atoms with van der Waals surface area (Å²) in [5.74, 6) is 1.42. The van der Waals surface area contributed by atoms with Crippen LogP contribution in [0.4, 0.5) is 0 Å². The van der Waals surface area contributed by atoms with Crippen LogP contribution in [0.1, 0.15) is 123 Å². The van der Waals surface area contributed by atoms with Gasteiger partial charge in [0.25, 0.3) is 11.8 Å².